The second-order valence-corrected chi connectivity index (χ2v) is 4.00. The molecule has 0 radical (unpaired) electrons. The Bertz CT molecular complexity index is 371. The van der Waals surface area contributed by atoms with Crippen molar-refractivity contribution in [3.63, 3.8) is 0 Å². The summed E-state index contributed by atoms with van der Waals surface area (Å²) in [6.45, 7) is 1.89. The smallest absolute Gasteiger partial charge is 0.273 e. The first-order valence-electron chi connectivity index (χ1n) is 5.19. The van der Waals surface area contributed by atoms with Crippen molar-refractivity contribution in [2.75, 3.05) is 32.5 Å². The van der Waals surface area contributed by atoms with E-state index in [0.717, 1.165) is 13.1 Å². The van der Waals surface area contributed by atoms with Crippen molar-refractivity contribution in [3.8, 4) is 0 Å². The summed E-state index contributed by atoms with van der Waals surface area (Å²) in [7, 11) is 3.38. The van der Waals surface area contributed by atoms with Gasteiger partial charge in [0.1, 0.15) is 5.82 Å². The molecule has 1 aromatic heterocycles. The summed E-state index contributed by atoms with van der Waals surface area (Å²) >= 11 is 0. The van der Waals surface area contributed by atoms with Gasteiger partial charge in [-0.1, -0.05) is 0 Å². The van der Waals surface area contributed by atoms with Gasteiger partial charge in [0.05, 0.1) is 6.04 Å². The van der Waals surface area contributed by atoms with Gasteiger partial charge in [-0.25, -0.2) is 0 Å². The van der Waals surface area contributed by atoms with Crippen molar-refractivity contribution in [1.29, 1.82) is 0 Å². The molecule has 2 heterocycles. The van der Waals surface area contributed by atoms with Gasteiger partial charge in [0.25, 0.3) is 5.91 Å². The molecule has 0 saturated carbocycles. The average molecular weight is 221 g/mol. The van der Waals surface area contributed by atoms with Crippen molar-refractivity contribution in [2.24, 2.45) is 0 Å². The molecule has 1 aliphatic heterocycles. The van der Waals surface area contributed by atoms with E-state index in [9.17, 15) is 4.79 Å². The number of aromatic nitrogens is 2. The van der Waals surface area contributed by atoms with Gasteiger partial charge in [-0.3, -0.25) is 4.79 Å². The standard InChI is InChI=1S/C10H15N5O/c1-15(2)10(16)8-3-4-9(14-13-8)12-7-5-11-6-7/h3-4,7,11H,5-6H2,1-2H3,(H,12,14). The summed E-state index contributed by atoms with van der Waals surface area (Å²) in [4.78, 5) is 13.0. The molecule has 0 aromatic carbocycles. The predicted octanol–water partition coefficient (Wildman–Crippen LogP) is -0.438. The van der Waals surface area contributed by atoms with Gasteiger partial charge >= 0.3 is 0 Å². The van der Waals surface area contributed by atoms with Crippen LogP contribution in [-0.4, -0.2) is 54.2 Å². The van der Waals surface area contributed by atoms with E-state index in [1.807, 2.05) is 0 Å². The fourth-order valence-electron chi connectivity index (χ4n) is 1.35. The van der Waals surface area contributed by atoms with Crippen LogP contribution in [0.2, 0.25) is 0 Å². The summed E-state index contributed by atoms with van der Waals surface area (Å²) in [6, 6.07) is 3.89. The van der Waals surface area contributed by atoms with E-state index >= 15 is 0 Å². The highest BCUT2D eigenvalue weighted by Crippen LogP contribution is 2.06. The minimum absolute atomic E-state index is 0.135. The molecule has 1 aromatic rings. The van der Waals surface area contributed by atoms with Crippen molar-refractivity contribution in [2.45, 2.75) is 6.04 Å². The molecule has 0 spiro atoms. The third kappa shape index (κ3) is 2.27. The zero-order valence-corrected chi connectivity index (χ0v) is 9.40. The number of hydrogen-bond acceptors (Lipinski definition) is 5. The molecule has 0 aliphatic carbocycles. The summed E-state index contributed by atoms with van der Waals surface area (Å²) in [5.74, 6) is 0.575. The largest absolute Gasteiger partial charge is 0.363 e. The highest BCUT2D eigenvalue weighted by atomic mass is 16.2. The third-order valence-corrected chi connectivity index (χ3v) is 2.42. The number of hydrogen-bond donors (Lipinski definition) is 2. The normalized spacial score (nSPS) is 15.4. The first-order chi connectivity index (χ1) is 7.66. The molecular weight excluding hydrogens is 206 g/mol. The number of amides is 1. The lowest BCUT2D eigenvalue weighted by molar-refractivity contribution is 0.0821. The maximum Gasteiger partial charge on any atom is 0.273 e. The highest BCUT2D eigenvalue weighted by molar-refractivity contribution is 5.91. The van der Waals surface area contributed by atoms with Gasteiger partial charge in [-0.05, 0) is 12.1 Å². The molecule has 0 bridgehead atoms. The van der Waals surface area contributed by atoms with E-state index in [0.29, 0.717) is 17.6 Å². The minimum atomic E-state index is -0.135. The lowest BCUT2D eigenvalue weighted by Gasteiger charge is -2.28. The van der Waals surface area contributed by atoms with Crippen LogP contribution < -0.4 is 10.6 Å². The van der Waals surface area contributed by atoms with Crippen molar-refractivity contribution < 1.29 is 4.79 Å². The first kappa shape index (κ1) is 10.8. The number of carbonyl (C=O) groups is 1. The highest BCUT2D eigenvalue weighted by Gasteiger charge is 2.17. The third-order valence-electron chi connectivity index (χ3n) is 2.42. The van der Waals surface area contributed by atoms with E-state index in [-0.39, 0.29) is 5.91 Å². The van der Waals surface area contributed by atoms with Crippen LogP contribution in [0.1, 0.15) is 10.5 Å². The van der Waals surface area contributed by atoms with E-state index in [2.05, 4.69) is 20.8 Å². The maximum absolute atomic E-state index is 11.5. The SMILES string of the molecule is CN(C)C(=O)c1ccc(NC2CNC2)nn1. The monoisotopic (exact) mass is 221 g/mol. The Labute approximate surface area is 94.0 Å². The molecule has 1 fully saturated rings. The van der Waals surface area contributed by atoms with Crippen LogP contribution in [0.15, 0.2) is 12.1 Å². The number of nitrogens with one attached hydrogen (secondary N) is 2. The van der Waals surface area contributed by atoms with Crippen molar-refractivity contribution >= 4 is 11.7 Å². The van der Waals surface area contributed by atoms with E-state index < -0.39 is 0 Å². The molecule has 1 aliphatic rings. The average Bonchev–Trinajstić information content (AvgIpc) is 2.23. The van der Waals surface area contributed by atoms with Crippen molar-refractivity contribution in [1.82, 2.24) is 20.4 Å². The molecule has 1 saturated heterocycles. The zero-order chi connectivity index (χ0) is 11.5. The Balaban J connectivity index is 2.00. The Morgan fingerprint density at radius 2 is 2.19 bits per heavy atom. The molecular formula is C10H15N5O. The fraction of sp³-hybridized carbons (Fsp3) is 0.500. The molecule has 6 nitrogen and oxygen atoms in total. The molecule has 6 heteroatoms. The molecule has 2 N–H and O–H groups in total. The first-order valence-corrected chi connectivity index (χ1v) is 5.19. The minimum Gasteiger partial charge on any atom is -0.363 e. The van der Waals surface area contributed by atoms with Gasteiger partial charge < -0.3 is 15.5 Å². The molecule has 0 unspecified atom stereocenters. The van der Waals surface area contributed by atoms with Crippen LogP contribution in [0.5, 0.6) is 0 Å². The number of nitrogens with zero attached hydrogens (tertiary/aromatic N) is 3. The molecule has 16 heavy (non-hydrogen) atoms. The Hall–Kier alpha value is -1.69. The Morgan fingerprint density at radius 3 is 2.62 bits per heavy atom. The van der Waals surface area contributed by atoms with Gasteiger partial charge in [-0.15, -0.1) is 10.2 Å². The molecule has 1 amide bonds. The second kappa shape index (κ2) is 4.44. The van der Waals surface area contributed by atoms with E-state index in [4.69, 9.17) is 0 Å². The number of anilines is 1. The Kier molecular flexibility index (Phi) is 3.00. The van der Waals surface area contributed by atoms with E-state index in [1.165, 1.54) is 4.90 Å². The zero-order valence-electron chi connectivity index (χ0n) is 9.40. The van der Waals surface area contributed by atoms with Gasteiger partial charge in [-0.2, -0.15) is 0 Å². The van der Waals surface area contributed by atoms with Crippen LogP contribution in [0.3, 0.4) is 0 Å². The number of carbonyl (C=O) groups excluding carboxylic acids is 1. The summed E-state index contributed by atoms with van der Waals surface area (Å²) in [5, 5.41) is 14.2. The van der Waals surface area contributed by atoms with Crippen LogP contribution in [0.25, 0.3) is 0 Å². The molecule has 2 rings (SSSR count). The van der Waals surface area contributed by atoms with Crippen LogP contribution in [-0.2, 0) is 0 Å². The quantitative estimate of drug-likeness (QED) is 0.724. The van der Waals surface area contributed by atoms with Crippen LogP contribution in [0, 0.1) is 0 Å². The topological polar surface area (TPSA) is 70.2 Å². The fourth-order valence-corrected chi connectivity index (χ4v) is 1.35. The maximum atomic E-state index is 11.5. The summed E-state index contributed by atoms with van der Waals surface area (Å²) in [5.41, 5.74) is 0.363. The van der Waals surface area contributed by atoms with E-state index in [1.54, 1.807) is 26.2 Å². The van der Waals surface area contributed by atoms with Crippen LogP contribution in [0.4, 0.5) is 5.82 Å². The second-order valence-electron chi connectivity index (χ2n) is 4.00. The molecule has 0 atom stereocenters. The lowest BCUT2D eigenvalue weighted by atomic mass is 10.2. The van der Waals surface area contributed by atoms with Crippen LogP contribution >= 0.6 is 0 Å². The lowest BCUT2D eigenvalue weighted by Crippen LogP contribution is -2.51. The van der Waals surface area contributed by atoms with Gasteiger partial charge in [0.15, 0.2) is 5.69 Å². The number of rotatable bonds is 3. The predicted molar refractivity (Wildman–Crippen MR) is 60.3 cm³/mol. The summed E-state index contributed by atoms with van der Waals surface area (Å²) < 4.78 is 0. The summed E-state index contributed by atoms with van der Waals surface area (Å²) in [6.07, 6.45) is 0. The molecule has 86 valence electrons. The van der Waals surface area contributed by atoms with Crippen molar-refractivity contribution in [3.05, 3.63) is 17.8 Å². The van der Waals surface area contributed by atoms with Gasteiger partial charge in [0, 0.05) is 27.2 Å². The Morgan fingerprint density at radius 1 is 1.44 bits per heavy atom. The van der Waals surface area contributed by atoms with Gasteiger partial charge in [0.2, 0.25) is 0 Å².